The monoisotopic (exact) mass is 254 g/mol. The lowest BCUT2D eigenvalue weighted by molar-refractivity contribution is 0.459. The summed E-state index contributed by atoms with van der Waals surface area (Å²) >= 11 is 5.90. The first kappa shape index (κ1) is 12.6. The fourth-order valence-electron chi connectivity index (χ4n) is 2.74. The van der Waals surface area contributed by atoms with E-state index in [0.717, 1.165) is 18.9 Å². The van der Waals surface area contributed by atoms with Gasteiger partial charge in [0.15, 0.2) is 0 Å². The summed E-state index contributed by atoms with van der Waals surface area (Å²) in [6.07, 6.45) is 6.99. The number of rotatable bonds is 4. The largest absolute Gasteiger partial charge is 0.352 e. The minimum atomic E-state index is 0.447. The molecular weight excluding hydrogens is 236 g/mol. The molecule has 1 heterocycles. The summed E-state index contributed by atoms with van der Waals surface area (Å²) in [5.74, 6) is 1.43. The summed E-state index contributed by atoms with van der Waals surface area (Å²) in [5.41, 5.74) is 5.84. The standard InChI is InChI=1S/C12H19ClN4/c1-2-17(10-5-3-4-9(10)6-14)12-8-15-7-11(13)16-12/h7-10H,2-6,14H2,1H3. The maximum absolute atomic E-state index is 5.90. The van der Waals surface area contributed by atoms with Gasteiger partial charge in [-0.2, -0.15) is 0 Å². The highest BCUT2D eigenvalue weighted by atomic mass is 35.5. The highest BCUT2D eigenvalue weighted by Crippen LogP contribution is 2.31. The van der Waals surface area contributed by atoms with Crippen LogP contribution in [0.3, 0.4) is 0 Å². The van der Waals surface area contributed by atoms with Crippen LogP contribution in [0.4, 0.5) is 5.82 Å². The maximum Gasteiger partial charge on any atom is 0.149 e. The van der Waals surface area contributed by atoms with E-state index < -0.39 is 0 Å². The van der Waals surface area contributed by atoms with Crippen LogP contribution < -0.4 is 10.6 Å². The van der Waals surface area contributed by atoms with Crippen molar-refractivity contribution in [2.45, 2.75) is 32.2 Å². The van der Waals surface area contributed by atoms with E-state index in [1.165, 1.54) is 19.3 Å². The van der Waals surface area contributed by atoms with Crippen LogP contribution in [0.5, 0.6) is 0 Å². The molecule has 0 bridgehead atoms. The van der Waals surface area contributed by atoms with Gasteiger partial charge < -0.3 is 10.6 Å². The Morgan fingerprint density at radius 3 is 2.94 bits per heavy atom. The Kier molecular flexibility index (Phi) is 4.18. The lowest BCUT2D eigenvalue weighted by Crippen LogP contribution is -2.40. The van der Waals surface area contributed by atoms with Crippen molar-refractivity contribution in [3.63, 3.8) is 0 Å². The van der Waals surface area contributed by atoms with E-state index >= 15 is 0 Å². The topological polar surface area (TPSA) is 55.0 Å². The Balaban J connectivity index is 2.21. The minimum absolute atomic E-state index is 0.447. The molecule has 2 unspecified atom stereocenters. The summed E-state index contributed by atoms with van der Waals surface area (Å²) < 4.78 is 0. The molecule has 94 valence electrons. The van der Waals surface area contributed by atoms with Crippen LogP contribution in [0, 0.1) is 5.92 Å². The highest BCUT2D eigenvalue weighted by molar-refractivity contribution is 6.29. The van der Waals surface area contributed by atoms with E-state index in [-0.39, 0.29) is 0 Å². The van der Waals surface area contributed by atoms with E-state index in [0.29, 0.717) is 17.1 Å². The predicted molar refractivity (Wildman–Crippen MR) is 70.2 cm³/mol. The van der Waals surface area contributed by atoms with Gasteiger partial charge in [-0.15, -0.1) is 0 Å². The van der Waals surface area contributed by atoms with Crippen LogP contribution >= 0.6 is 11.6 Å². The van der Waals surface area contributed by atoms with Crippen LogP contribution in [0.2, 0.25) is 5.15 Å². The summed E-state index contributed by atoms with van der Waals surface area (Å²) in [4.78, 5) is 10.7. The molecule has 2 N–H and O–H groups in total. The van der Waals surface area contributed by atoms with Crippen molar-refractivity contribution >= 4 is 17.4 Å². The van der Waals surface area contributed by atoms with Crippen molar-refractivity contribution in [1.29, 1.82) is 0 Å². The second-order valence-corrected chi connectivity index (χ2v) is 4.87. The predicted octanol–water partition coefficient (Wildman–Crippen LogP) is 2.08. The first-order valence-corrected chi connectivity index (χ1v) is 6.58. The molecule has 1 saturated carbocycles. The molecule has 1 aromatic heterocycles. The van der Waals surface area contributed by atoms with E-state index in [9.17, 15) is 0 Å². The van der Waals surface area contributed by atoms with E-state index in [4.69, 9.17) is 17.3 Å². The molecule has 0 saturated heterocycles. The molecule has 0 spiro atoms. The number of aromatic nitrogens is 2. The van der Waals surface area contributed by atoms with Gasteiger partial charge in [-0.3, -0.25) is 4.98 Å². The molecule has 1 aliphatic carbocycles. The number of hydrogen-bond acceptors (Lipinski definition) is 4. The zero-order chi connectivity index (χ0) is 12.3. The van der Waals surface area contributed by atoms with Crippen LogP contribution in [-0.4, -0.2) is 29.1 Å². The van der Waals surface area contributed by atoms with Gasteiger partial charge in [-0.1, -0.05) is 18.0 Å². The van der Waals surface area contributed by atoms with Crippen molar-refractivity contribution in [3.05, 3.63) is 17.5 Å². The van der Waals surface area contributed by atoms with Crippen LogP contribution in [0.25, 0.3) is 0 Å². The fraction of sp³-hybridized carbons (Fsp3) is 0.667. The molecule has 0 radical (unpaired) electrons. The second-order valence-electron chi connectivity index (χ2n) is 4.48. The summed E-state index contributed by atoms with van der Waals surface area (Å²) in [6, 6.07) is 0.484. The van der Waals surface area contributed by atoms with Gasteiger partial charge in [0.1, 0.15) is 11.0 Å². The minimum Gasteiger partial charge on any atom is -0.352 e. The normalized spacial score (nSPS) is 23.9. The SMILES string of the molecule is CCN(c1cncc(Cl)n1)C1CCCC1CN. The number of nitrogens with zero attached hydrogens (tertiary/aromatic N) is 3. The van der Waals surface area contributed by atoms with Gasteiger partial charge in [0, 0.05) is 12.6 Å². The van der Waals surface area contributed by atoms with Gasteiger partial charge in [0.25, 0.3) is 0 Å². The molecule has 1 aromatic rings. The molecule has 0 aromatic carbocycles. The molecule has 1 fully saturated rings. The van der Waals surface area contributed by atoms with E-state index in [1.807, 2.05) is 0 Å². The third-order valence-electron chi connectivity index (χ3n) is 3.55. The average Bonchev–Trinajstić information content (AvgIpc) is 2.78. The molecule has 0 aliphatic heterocycles. The maximum atomic E-state index is 5.90. The smallest absolute Gasteiger partial charge is 0.149 e. The number of hydrogen-bond donors (Lipinski definition) is 1. The van der Waals surface area contributed by atoms with Gasteiger partial charge in [-0.05, 0) is 32.2 Å². The highest BCUT2D eigenvalue weighted by Gasteiger charge is 2.31. The Hall–Kier alpha value is -0.870. The van der Waals surface area contributed by atoms with Crippen LogP contribution in [0.15, 0.2) is 12.4 Å². The van der Waals surface area contributed by atoms with Crippen LogP contribution in [-0.2, 0) is 0 Å². The third kappa shape index (κ3) is 2.69. The zero-order valence-corrected chi connectivity index (χ0v) is 10.9. The Labute approximate surface area is 107 Å². The van der Waals surface area contributed by atoms with Crippen molar-refractivity contribution in [2.75, 3.05) is 18.0 Å². The van der Waals surface area contributed by atoms with Gasteiger partial charge in [-0.25, -0.2) is 4.98 Å². The zero-order valence-electron chi connectivity index (χ0n) is 10.1. The number of anilines is 1. The lowest BCUT2D eigenvalue weighted by atomic mass is 10.0. The molecule has 2 rings (SSSR count). The molecule has 1 aliphatic rings. The molecular formula is C12H19ClN4. The fourth-order valence-corrected chi connectivity index (χ4v) is 2.88. The van der Waals surface area contributed by atoms with Crippen molar-refractivity contribution in [3.8, 4) is 0 Å². The summed E-state index contributed by atoms with van der Waals surface area (Å²) in [5, 5.41) is 0.447. The first-order valence-electron chi connectivity index (χ1n) is 6.20. The average molecular weight is 255 g/mol. The van der Waals surface area contributed by atoms with Crippen molar-refractivity contribution < 1.29 is 0 Å². The third-order valence-corrected chi connectivity index (χ3v) is 3.73. The molecule has 5 heteroatoms. The molecule has 2 atom stereocenters. The Bertz CT molecular complexity index is 371. The molecule has 4 nitrogen and oxygen atoms in total. The quantitative estimate of drug-likeness (QED) is 0.894. The number of nitrogens with two attached hydrogens (primary N) is 1. The van der Waals surface area contributed by atoms with Crippen LogP contribution in [0.1, 0.15) is 26.2 Å². The lowest BCUT2D eigenvalue weighted by Gasteiger charge is -2.32. The van der Waals surface area contributed by atoms with Crippen molar-refractivity contribution in [1.82, 2.24) is 9.97 Å². The Morgan fingerprint density at radius 1 is 1.47 bits per heavy atom. The summed E-state index contributed by atoms with van der Waals surface area (Å²) in [6.45, 7) is 3.79. The Morgan fingerprint density at radius 2 is 2.29 bits per heavy atom. The molecule has 17 heavy (non-hydrogen) atoms. The van der Waals surface area contributed by atoms with Gasteiger partial charge >= 0.3 is 0 Å². The molecule has 0 amide bonds. The van der Waals surface area contributed by atoms with Gasteiger partial charge in [0.05, 0.1) is 12.4 Å². The number of halogens is 1. The van der Waals surface area contributed by atoms with Crippen molar-refractivity contribution in [2.24, 2.45) is 11.7 Å². The second kappa shape index (κ2) is 5.65. The van der Waals surface area contributed by atoms with E-state index in [2.05, 4.69) is 21.8 Å². The van der Waals surface area contributed by atoms with Gasteiger partial charge in [0.2, 0.25) is 0 Å². The van der Waals surface area contributed by atoms with E-state index in [1.54, 1.807) is 12.4 Å². The summed E-state index contributed by atoms with van der Waals surface area (Å²) in [7, 11) is 0. The first-order chi connectivity index (χ1) is 8.26.